The fourth-order valence-corrected chi connectivity index (χ4v) is 2.84. The van der Waals surface area contributed by atoms with E-state index in [-0.39, 0.29) is 18.6 Å². The van der Waals surface area contributed by atoms with E-state index in [1.807, 2.05) is 11.0 Å². The van der Waals surface area contributed by atoms with E-state index in [2.05, 4.69) is 4.98 Å². The van der Waals surface area contributed by atoms with E-state index >= 15 is 0 Å². The Morgan fingerprint density at radius 1 is 1.44 bits per heavy atom. The average Bonchev–Trinajstić information content (AvgIpc) is 2.30. The molecule has 0 aromatic carbocycles. The van der Waals surface area contributed by atoms with Gasteiger partial charge >= 0.3 is 0 Å². The maximum Gasteiger partial charge on any atom is 0.228 e. The van der Waals surface area contributed by atoms with Crippen molar-refractivity contribution in [3.63, 3.8) is 0 Å². The first-order valence-electron chi connectivity index (χ1n) is 6.36. The van der Waals surface area contributed by atoms with Crippen molar-refractivity contribution in [1.29, 1.82) is 0 Å². The van der Waals surface area contributed by atoms with Crippen LogP contribution in [0.5, 0.6) is 0 Å². The molecule has 1 aromatic rings. The summed E-state index contributed by atoms with van der Waals surface area (Å²) in [5.74, 6) is 1.24. The van der Waals surface area contributed by atoms with Crippen molar-refractivity contribution in [1.82, 2.24) is 4.98 Å². The third-order valence-corrected chi connectivity index (χ3v) is 3.90. The fraction of sp³-hybridized carbons (Fsp3) is 0.538. The Morgan fingerprint density at radius 2 is 2.22 bits per heavy atom. The third-order valence-electron chi connectivity index (χ3n) is 3.90. The van der Waals surface area contributed by atoms with Gasteiger partial charge in [-0.15, -0.1) is 0 Å². The molecule has 92 valence electrons. The molecule has 1 aliphatic carbocycles. The van der Waals surface area contributed by atoms with Gasteiger partial charge in [0.15, 0.2) is 0 Å². The molecule has 2 radical (unpaired) electrons. The third kappa shape index (κ3) is 1.83. The molecule has 18 heavy (non-hydrogen) atoms. The van der Waals surface area contributed by atoms with Gasteiger partial charge in [0, 0.05) is 25.3 Å². The van der Waals surface area contributed by atoms with Gasteiger partial charge in [-0.3, -0.25) is 9.69 Å². The SMILES string of the molecule is [B]c1cnc2c(c1)CCC(=O)N2C1CC(CO)C1. The first-order valence-corrected chi connectivity index (χ1v) is 6.36. The summed E-state index contributed by atoms with van der Waals surface area (Å²) >= 11 is 0. The van der Waals surface area contributed by atoms with E-state index in [9.17, 15) is 4.79 Å². The number of fused-ring (bicyclic) bond motifs is 1. The van der Waals surface area contributed by atoms with Crippen molar-refractivity contribution in [3.05, 3.63) is 17.8 Å². The van der Waals surface area contributed by atoms with E-state index < -0.39 is 0 Å². The zero-order chi connectivity index (χ0) is 12.7. The highest BCUT2D eigenvalue weighted by molar-refractivity contribution is 6.32. The standard InChI is InChI=1S/C13H15BN2O2/c14-10-5-9-1-2-12(18)16(13(9)15-6-10)11-3-8(4-11)7-17/h5-6,8,11,17H,1-4,7H2. The van der Waals surface area contributed by atoms with Crippen molar-refractivity contribution in [2.24, 2.45) is 5.92 Å². The summed E-state index contributed by atoms with van der Waals surface area (Å²) < 4.78 is 0. The van der Waals surface area contributed by atoms with Crippen molar-refractivity contribution >= 4 is 25.0 Å². The monoisotopic (exact) mass is 242 g/mol. The van der Waals surface area contributed by atoms with Crippen LogP contribution in [0.4, 0.5) is 5.82 Å². The molecule has 0 spiro atoms. The molecule has 0 atom stereocenters. The van der Waals surface area contributed by atoms with Crippen molar-refractivity contribution in [2.75, 3.05) is 11.5 Å². The van der Waals surface area contributed by atoms with Gasteiger partial charge in [0.05, 0.1) is 0 Å². The molecular weight excluding hydrogens is 227 g/mol. The molecule has 1 aliphatic heterocycles. The quantitative estimate of drug-likeness (QED) is 0.738. The van der Waals surface area contributed by atoms with E-state index in [0.717, 1.165) is 30.6 Å². The normalized spacial score (nSPS) is 26.7. The largest absolute Gasteiger partial charge is 0.396 e. The molecule has 0 unspecified atom stereocenters. The minimum absolute atomic E-state index is 0.140. The molecule has 1 fully saturated rings. The highest BCUT2D eigenvalue weighted by Crippen LogP contribution is 2.37. The van der Waals surface area contributed by atoms with Crippen LogP contribution < -0.4 is 10.4 Å². The summed E-state index contributed by atoms with van der Waals surface area (Å²) in [5.41, 5.74) is 1.70. The minimum Gasteiger partial charge on any atom is -0.396 e. The fourth-order valence-electron chi connectivity index (χ4n) is 2.84. The summed E-state index contributed by atoms with van der Waals surface area (Å²) in [6, 6.07) is 2.11. The number of carbonyl (C=O) groups is 1. The molecule has 0 bridgehead atoms. The molecular formula is C13H15BN2O2. The molecule has 0 saturated heterocycles. The van der Waals surface area contributed by atoms with E-state index in [1.54, 1.807) is 6.20 Å². The molecule has 4 nitrogen and oxygen atoms in total. The van der Waals surface area contributed by atoms with E-state index in [1.165, 1.54) is 0 Å². The van der Waals surface area contributed by atoms with Crippen LogP contribution >= 0.6 is 0 Å². The number of hydrogen-bond donors (Lipinski definition) is 1. The summed E-state index contributed by atoms with van der Waals surface area (Å²) in [7, 11) is 5.73. The van der Waals surface area contributed by atoms with Crippen molar-refractivity contribution < 1.29 is 9.90 Å². The number of pyridine rings is 1. The van der Waals surface area contributed by atoms with Gasteiger partial charge in [-0.2, -0.15) is 0 Å². The Morgan fingerprint density at radius 3 is 2.94 bits per heavy atom. The van der Waals surface area contributed by atoms with Crippen LogP contribution in [0, 0.1) is 5.92 Å². The number of hydrogen-bond acceptors (Lipinski definition) is 3. The Kier molecular flexibility index (Phi) is 2.86. The van der Waals surface area contributed by atoms with Gasteiger partial charge in [-0.1, -0.05) is 11.5 Å². The van der Waals surface area contributed by atoms with Gasteiger partial charge in [0.1, 0.15) is 13.7 Å². The molecule has 5 heteroatoms. The van der Waals surface area contributed by atoms with Crippen LogP contribution in [0.1, 0.15) is 24.8 Å². The number of carbonyl (C=O) groups excluding carboxylic acids is 1. The molecule has 2 heterocycles. The smallest absolute Gasteiger partial charge is 0.228 e. The number of aliphatic hydroxyl groups excluding tert-OH is 1. The van der Waals surface area contributed by atoms with Crippen molar-refractivity contribution in [3.8, 4) is 0 Å². The van der Waals surface area contributed by atoms with Crippen LogP contribution in [-0.2, 0) is 11.2 Å². The first kappa shape index (κ1) is 11.7. The summed E-state index contributed by atoms with van der Waals surface area (Å²) in [5, 5.41) is 9.06. The molecule has 1 amide bonds. The molecule has 1 aromatic heterocycles. The molecule has 2 aliphatic rings. The number of anilines is 1. The molecule has 3 rings (SSSR count). The van der Waals surface area contributed by atoms with Crippen molar-refractivity contribution in [2.45, 2.75) is 31.7 Å². The second-order valence-electron chi connectivity index (χ2n) is 5.19. The highest BCUT2D eigenvalue weighted by atomic mass is 16.3. The van der Waals surface area contributed by atoms with Gasteiger partial charge in [-0.05, 0) is 30.7 Å². The summed E-state index contributed by atoms with van der Waals surface area (Å²) in [4.78, 5) is 18.2. The zero-order valence-electron chi connectivity index (χ0n) is 10.2. The number of amides is 1. The van der Waals surface area contributed by atoms with Crippen LogP contribution in [0.15, 0.2) is 12.3 Å². The second-order valence-corrected chi connectivity index (χ2v) is 5.19. The Bertz CT molecular complexity index is 486. The van der Waals surface area contributed by atoms with Gasteiger partial charge < -0.3 is 5.11 Å². The summed E-state index contributed by atoms with van der Waals surface area (Å²) in [6.45, 7) is 0.209. The predicted molar refractivity (Wildman–Crippen MR) is 69.0 cm³/mol. The number of aryl methyl sites for hydroxylation is 1. The first-order chi connectivity index (χ1) is 8.69. The lowest BCUT2D eigenvalue weighted by Gasteiger charge is -2.43. The predicted octanol–water partition coefficient (Wildman–Crippen LogP) is -0.0745. The van der Waals surface area contributed by atoms with E-state index in [4.69, 9.17) is 13.0 Å². The van der Waals surface area contributed by atoms with Gasteiger partial charge in [0.25, 0.3) is 0 Å². The summed E-state index contributed by atoms with van der Waals surface area (Å²) in [6.07, 6.45) is 4.59. The second kappa shape index (κ2) is 4.39. The number of rotatable bonds is 2. The lowest BCUT2D eigenvalue weighted by Crippen LogP contribution is -2.51. The maximum absolute atomic E-state index is 12.1. The van der Waals surface area contributed by atoms with E-state index in [0.29, 0.717) is 17.8 Å². The number of nitrogens with zero attached hydrogens (tertiary/aromatic N) is 2. The van der Waals surface area contributed by atoms with Crippen LogP contribution in [0.25, 0.3) is 0 Å². The number of aromatic nitrogens is 1. The van der Waals surface area contributed by atoms with Crippen LogP contribution in [0.2, 0.25) is 0 Å². The van der Waals surface area contributed by atoms with Crippen LogP contribution in [0.3, 0.4) is 0 Å². The van der Waals surface area contributed by atoms with Gasteiger partial charge in [0.2, 0.25) is 5.91 Å². The Labute approximate surface area is 107 Å². The maximum atomic E-state index is 12.1. The minimum atomic E-state index is 0.140. The topological polar surface area (TPSA) is 53.4 Å². The Hall–Kier alpha value is -1.36. The highest BCUT2D eigenvalue weighted by Gasteiger charge is 2.39. The molecule has 1 N–H and O–H groups in total. The lowest BCUT2D eigenvalue weighted by atomic mass is 9.79. The Balaban J connectivity index is 1.88. The zero-order valence-corrected chi connectivity index (χ0v) is 10.2. The lowest BCUT2D eigenvalue weighted by molar-refractivity contribution is -0.120. The average molecular weight is 242 g/mol. The number of aliphatic hydroxyl groups is 1. The van der Waals surface area contributed by atoms with Crippen LogP contribution in [-0.4, -0.2) is 36.5 Å². The van der Waals surface area contributed by atoms with Gasteiger partial charge in [-0.25, -0.2) is 4.98 Å². The molecule has 1 saturated carbocycles.